The van der Waals surface area contributed by atoms with Crippen molar-refractivity contribution in [3.8, 4) is 0 Å². The molecule has 18 heavy (non-hydrogen) atoms. The molecule has 0 bridgehead atoms. The molecular weight excluding hydrogens is 236 g/mol. The van der Waals surface area contributed by atoms with Crippen LogP contribution in [0.25, 0.3) is 0 Å². The third-order valence-electron chi connectivity index (χ3n) is 4.18. The zero-order chi connectivity index (χ0) is 14.6. The minimum atomic E-state index is -1.65. The average molecular weight is 271 g/mol. The van der Waals surface area contributed by atoms with Gasteiger partial charge in [0.15, 0.2) is 8.32 Å². The number of rotatable bonds is 7. The molecule has 0 radical (unpaired) electrons. The summed E-state index contributed by atoms with van der Waals surface area (Å²) in [6.45, 7) is 22.1. The van der Waals surface area contributed by atoms with Crippen LogP contribution in [0.1, 0.15) is 60.8 Å². The van der Waals surface area contributed by atoms with E-state index < -0.39 is 8.32 Å². The van der Waals surface area contributed by atoms with Gasteiger partial charge in [0.05, 0.1) is 5.60 Å². The highest BCUT2D eigenvalue weighted by atomic mass is 28.4. The Balaban J connectivity index is 4.35. The minimum absolute atomic E-state index is 0.00386. The molecule has 0 amide bonds. The molecule has 2 heteroatoms. The molecule has 0 N–H and O–H groups in total. The van der Waals surface area contributed by atoms with Gasteiger partial charge in [0, 0.05) is 0 Å². The van der Waals surface area contributed by atoms with Gasteiger partial charge in [-0.15, -0.1) is 6.58 Å². The normalized spacial score (nSPS) is 15.6. The van der Waals surface area contributed by atoms with Gasteiger partial charge in [-0.05, 0) is 50.7 Å². The molecule has 0 aromatic carbocycles. The summed E-state index contributed by atoms with van der Waals surface area (Å²) in [4.78, 5) is 0. The summed E-state index contributed by atoms with van der Waals surface area (Å²) >= 11 is 0. The maximum absolute atomic E-state index is 6.52. The lowest BCUT2D eigenvalue weighted by molar-refractivity contribution is 0.0788. The van der Waals surface area contributed by atoms with Crippen LogP contribution in [0.5, 0.6) is 0 Å². The largest absolute Gasteiger partial charge is 0.412 e. The fourth-order valence-corrected chi connectivity index (χ4v) is 3.65. The molecule has 1 nitrogen and oxygen atoms in total. The Bertz CT molecular complexity index is 261. The molecule has 0 saturated carbocycles. The first-order valence-corrected chi connectivity index (χ1v) is 10.1. The smallest absolute Gasteiger partial charge is 0.192 e. The van der Waals surface area contributed by atoms with Gasteiger partial charge >= 0.3 is 0 Å². The number of hydrogen-bond donors (Lipinski definition) is 0. The van der Waals surface area contributed by atoms with Crippen molar-refractivity contribution < 1.29 is 4.43 Å². The van der Waals surface area contributed by atoms with Gasteiger partial charge in [0.1, 0.15) is 0 Å². The summed E-state index contributed by atoms with van der Waals surface area (Å²) < 4.78 is 6.52. The molecule has 0 heterocycles. The van der Waals surface area contributed by atoms with Gasteiger partial charge in [-0.3, -0.25) is 0 Å². The first kappa shape index (κ1) is 17.9. The monoisotopic (exact) mass is 270 g/mol. The highest BCUT2D eigenvalue weighted by molar-refractivity contribution is 6.74. The fraction of sp³-hybridized carbons (Fsp3) is 0.875. The molecule has 0 aliphatic carbocycles. The lowest BCUT2D eigenvalue weighted by Crippen LogP contribution is -2.47. The van der Waals surface area contributed by atoms with E-state index in [4.69, 9.17) is 4.43 Å². The summed E-state index contributed by atoms with van der Waals surface area (Å²) in [5.74, 6) is 0.619. The third kappa shape index (κ3) is 6.19. The van der Waals surface area contributed by atoms with Crippen molar-refractivity contribution >= 4 is 8.32 Å². The first-order chi connectivity index (χ1) is 7.91. The zero-order valence-electron chi connectivity index (χ0n) is 13.9. The quantitative estimate of drug-likeness (QED) is 0.421. The highest BCUT2D eigenvalue weighted by Crippen LogP contribution is 2.40. The van der Waals surface area contributed by atoms with Crippen LogP contribution in [0.4, 0.5) is 0 Å². The van der Waals surface area contributed by atoms with Crippen molar-refractivity contribution in [2.24, 2.45) is 5.92 Å². The SMILES string of the molecule is C=CC(C)CCCC(C)(C)O[Si](C)(C)C(C)(C)C. The molecule has 108 valence electrons. The molecule has 0 aromatic rings. The van der Waals surface area contributed by atoms with Crippen molar-refractivity contribution in [3.63, 3.8) is 0 Å². The Morgan fingerprint density at radius 1 is 1.17 bits per heavy atom. The van der Waals surface area contributed by atoms with Crippen LogP contribution in [0.3, 0.4) is 0 Å². The van der Waals surface area contributed by atoms with Crippen LogP contribution in [0.2, 0.25) is 18.1 Å². The molecule has 0 aliphatic heterocycles. The van der Waals surface area contributed by atoms with Crippen molar-refractivity contribution in [1.29, 1.82) is 0 Å². The second kappa shape index (κ2) is 6.38. The van der Waals surface area contributed by atoms with E-state index in [9.17, 15) is 0 Å². The second-order valence-corrected chi connectivity index (χ2v) is 12.5. The van der Waals surface area contributed by atoms with Crippen molar-refractivity contribution in [3.05, 3.63) is 12.7 Å². The molecule has 1 unspecified atom stereocenters. The first-order valence-electron chi connectivity index (χ1n) is 7.24. The Morgan fingerprint density at radius 2 is 1.67 bits per heavy atom. The van der Waals surface area contributed by atoms with E-state index in [0.717, 1.165) is 6.42 Å². The van der Waals surface area contributed by atoms with E-state index in [1.54, 1.807) is 0 Å². The molecule has 0 aromatic heterocycles. The average Bonchev–Trinajstić information content (AvgIpc) is 2.13. The highest BCUT2D eigenvalue weighted by Gasteiger charge is 2.41. The molecule has 0 spiro atoms. The number of allylic oxidation sites excluding steroid dienone is 1. The fourth-order valence-electron chi connectivity index (χ4n) is 1.86. The molecular formula is C16H34OSi. The topological polar surface area (TPSA) is 9.23 Å². The molecule has 1 atom stereocenters. The van der Waals surface area contributed by atoms with E-state index in [-0.39, 0.29) is 5.60 Å². The van der Waals surface area contributed by atoms with Crippen molar-refractivity contribution in [1.82, 2.24) is 0 Å². The van der Waals surface area contributed by atoms with Crippen LogP contribution in [-0.2, 0) is 4.43 Å². The minimum Gasteiger partial charge on any atom is -0.412 e. The van der Waals surface area contributed by atoms with Crippen LogP contribution in [0.15, 0.2) is 12.7 Å². The van der Waals surface area contributed by atoms with Crippen molar-refractivity contribution in [2.45, 2.75) is 84.5 Å². The van der Waals surface area contributed by atoms with Crippen LogP contribution >= 0.6 is 0 Å². The van der Waals surface area contributed by atoms with Crippen LogP contribution in [-0.4, -0.2) is 13.9 Å². The van der Waals surface area contributed by atoms with Gasteiger partial charge in [-0.25, -0.2) is 0 Å². The summed E-state index contributed by atoms with van der Waals surface area (Å²) in [6.07, 6.45) is 5.61. The van der Waals surface area contributed by atoms with E-state index in [1.165, 1.54) is 12.8 Å². The lowest BCUT2D eigenvalue weighted by atomic mass is 9.97. The van der Waals surface area contributed by atoms with Gasteiger partial charge in [-0.2, -0.15) is 0 Å². The number of hydrogen-bond acceptors (Lipinski definition) is 1. The predicted molar refractivity (Wildman–Crippen MR) is 85.6 cm³/mol. The maximum Gasteiger partial charge on any atom is 0.192 e. The molecule has 0 fully saturated rings. The Hall–Kier alpha value is -0.0831. The van der Waals surface area contributed by atoms with Crippen LogP contribution < -0.4 is 0 Å². The summed E-state index contributed by atoms with van der Waals surface area (Å²) in [5, 5.41) is 0.290. The summed E-state index contributed by atoms with van der Waals surface area (Å²) in [5.41, 5.74) is 0.00386. The molecule has 0 rings (SSSR count). The summed E-state index contributed by atoms with van der Waals surface area (Å²) in [6, 6.07) is 0. The van der Waals surface area contributed by atoms with E-state index in [1.807, 2.05) is 6.08 Å². The van der Waals surface area contributed by atoms with Gasteiger partial charge in [0.25, 0.3) is 0 Å². The molecule has 0 aliphatic rings. The predicted octanol–water partition coefficient (Wildman–Crippen LogP) is 5.78. The van der Waals surface area contributed by atoms with Crippen LogP contribution in [0, 0.1) is 5.92 Å². The van der Waals surface area contributed by atoms with Gasteiger partial charge in [0.2, 0.25) is 0 Å². The summed E-state index contributed by atoms with van der Waals surface area (Å²) in [7, 11) is -1.65. The van der Waals surface area contributed by atoms with Crippen molar-refractivity contribution in [2.75, 3.05) is 0 Å². The third-order valence-corrected chi connectivity index (χ3v) is 8.85. The van der Waals surface area contributed by atoms with E-state index >= 15 is 0 Å². The lowest BCUT2D eigenvalue weighted by Gasteiger charge is -2.43. The van der Waals surface area contributed by atoms with Gasteiger partial charge in [-0.1, -0.05) is 40.2 Å². The maximum atomic E-state index is 6.52. The van der Waals surface area contributed by atoms with E-state index in [2.05, 4.69) is 61.2 Å². The zero-order valence-corrected chi connectivity index (χ0v) is 14.9. The van der Waals surface area contributed by atoms with Gasteiger partial charge < -0.3 is 4.43 Å². The Morgan fingerprint density at radius 3 is 2.06 bits per heavy atom. The Labute approximate surface area is 116 Å². The van der Waals surface area contributed by atoms with E-state index in [0.29, 0.717) is 11.0 Å². The second-order valence-electron chi connectivity index (χ2n) is 7.73. The Kier molecular flexibility index (Phi) is 6.35. The standard InChI is InChI=1S/C16H34OSi/c1-10-14(2)12-11-13-16(6,7)17-18(8,9)15(3,4)5/h10,14H,1,11-13H2,2-9H3. The molecule has 0 saturated heterocycles.